The lowest BCUT2D eigenvalue weighted by Gasteiger charge is -2.31. The average molecular weight is 437 g/mol. The number of rotatable bonds is 6. The van der Waals surface area contributed by atoms with Crippen LogP contribution in [0, 0.1) is 20.8 Å². The summed E-state index contributed by atoms with van der Waals surface area (Å²) in [7, 11) is 0. The maximum atomic E-state index is 12.5. The number of thiazole rings is 1. The van der Waals surface area contributed by atoms with Crippen LogP contribution in [0.4, 0.5) is 16.6 Å². The number of likely N-dealkylation sites (tertiary alicyclic amines) is 1. The van der Waals surface area contributed by atoms with Crippen LogP contribution >= 0.6 is 11.3 Å². The van der Waals surface area contributed by atoms with Gasteiger partial charge in [0.1, 0.15) is 5.82 Å². The number of aryl methyl sites for hydroxylation is 3. The zero-order chi connectivity index (χ0) is 21.8. The van der Waals surface area contributed by atoms with Crippen molar-refractivity contribution in [1.29, 1.82) is 0 Å². The van der Waals surface area contributed by atoms with Gasteiger partial charge in [0, 0.05) is 28.7 Å². The lowest BCUT2D eigenvalue weighted by Crippen LogP contribution is -2.39. The first-order chi connectivity index (χ1) is 15.0. The number of hydrogen-bond acceptors (Lipinski definition) is 7. The number of nitrogens with one attached hydrogen (secondary N) is 2. The zero-order valence-corrected chi connectivity index (χ0v) is 19.0. The highest BCUT2D eigenvalue weighted by atomic mass is 32.1. The third-order valence-corrected chi connectivity index (χ3v) is 6.50. The molecule has 4 rings (SSSR count). The molecule has 162 valence electrons. The van der Waals surface area contributed by atoms with E-state index in [1.807, 2.05) is 51.2 Å². The van der Waals surface area contributed by atoms with Crippen LogP contribution in [-0.2, 0) is 4.79 Å². The van der Waals surface area contributed by atoms with Crippen LogP contribution in [0.15, 0.2) is 36.5 Å². The van der Waals surface area contributed by atoms with Crippen molar-refractivity contribution in [3.8, 4) is 0 Å². The fourth-order valence-electron chi connectivity index (χ4n) is 3.81. The highest BCUT2D eigenvalue weighted by molar-refractivity contribution is 7.15. The second-order valence-corrected chi connectivity index (χ2v) is 9.25. The van der Waals surface area contributed by atoms with Crippen molar-refractivity contribution in [3.05, 3.63) is 58.5 Å². The Bertz CT molecular complexity index is 1030. The van der Waals surface area contributed by atoms with Crippen LogP contribution in [0.2, 0.25) is 0 Å². The summed E-state index contributed by atoms with van der Waals surface area (Å²) < 4.78 is 0. The van der Waals surface area contributed by atoms with Crippen LogP contribution in [-0.4, -0.2) is 45.4 Å². The molecule has 1 aliphatic rings. The third kappa shape index (κ3) is 5.65. The van der Waals surface area contributed by atoms with Gasteiger partial charge < -0.3 is 10.6 Å². The van der Waals surface area contributed by atoms with Gasteiger partial charge in [-0.2, -0.15) is 0 Å². The molecule has 2 N–H and O–H groups in total. The van der Waals surface area contributed by atoms with Crippen molar-refractivity contribution < 1.29 is 4.79 Å². The van der Waals surface area contributed by atoms with E-state index < -0.39 is 0 Å². The van der Waals surface area contributed by atoms with Gasteiger partial charge in [-0.05, 0) is 64.4 Å². The zero-order valence-electron chi connectivity index (χ0n) is 18.2. The predicted octanol–water partition coefficient (Wildman–Crippen LogP) is 4.42. The third-order valence-electron chi connectivity index (χ3n) is 5.51. The lowest BCUT2D eigenvalue weighted by molar-refractivity contribution is -0.117. The maximum absolute atomic E-state index is 12.5. The van der Waals surface area contributed by atoms with E-state index in [9.17, 15) is 4.79 Å². The monoisotopic (exact) mass is 436 g/mol. The number of carbonyl (C=O) groups excluding carboxylic acids is 1. The molecule has 1 saturated heterocycles. The average Bonchev–Trinajstić information content (AvgIpc) is 3.05. The normalized spacial score (nSPS) is 16.8. The van der Waals surface area contributed by atoms with E-state index in [1.54, 1.807) is 0 Å². The molecule has 1 amide bonds. The summed E-state index contributed by atoms with van der Waals surface area (Å²) in [4.78, 5) is 29.4. The molecule has 1 atom stereocenters. The molecule has 3 aromatic heterocycles. The first kappa shape index (κ1) is 21.4. The van der Waals surface area contributed by atoms with Crippen molar-refractivity contribution >= 4 is 33.9 Å². The summed E-state index contributed by atoms with van der Waals surface area (Å²) in [5.41, 5.74) is 3.93. The summed E-state index contributed by atoms with van der Waals surface area (Å²) in [6, 6.07) is 10.0. The standard InChI is InChI=1S/C23H28N6OS/c1-15-6-4-8-21(25-15)27-19-9-10-20(24-12-19)18-7-5-11-29(13-18)14-22(30)28-23-26-16(2)17(3)31-23/h4,6,8-10,12,18H,5,7,11,13-14H2,1-3H3,(H,25,27)(H,26,28,30)/t18-/m1/s1. The van der Waals surface area contributed by atoms with Crippen molar-refractivity contribution in [2.24, 2.45) is 0 Å². The summed E-state index contributed by atoms with van der Waals surface area (Å²) in [5, 5.41) is 6.92. The van der Waals surface area contributed by atoms with E-state index in [0.717, 1.165) is 59.4 Å². The Labute approximate surface area is 187 Å². The van der Waals surface area contributed by atoms with Gasteiger partial charge in [0.2, 0.25) is 5.91 Å². The number of hydrogen-bond donors (Lipinski definition) is 2. The van der Waals surface area contributed by atoms with E-state index in [2.05, 4.69) is 36.6 Å². The fraction of sp³-hybridized carbons (Fsp3) is 0.391. The molecule has 1 fully saturated rings. The Morgan fingerprint density at radius 2 is 2.06 bits per heavy atom. The Kier molecular flexibility index (Phi) is 6.58. The van der Waals surface area contributed by atoms with Gasteiger partial charge in [-0.15, -0.1) is 11.3 Å². The van der Waals surface area contributed by atoms with Gasteiger partial charge in [-0.25, -0.2) is 9.97 Å². The van der Waals surface area contributed by atoms with Gasteiger partial charge in [-0.1, -0.05) is 6.07 Å². The minimum Gasteiger partial charge on any atom is -0.339 e. The van der Waals surface area contributed by atoms with Crippen LogP contribution in [0.25, 0.3) is 0 Å². The maximum Gasteiger partial charge on any atom is 0.240 e. The van der Waals surface area contributed by atoms with Gasteiger partial charge in [0.15, 0.2) is 5.13 Å². The summed E-state index contributed by atoms with van der Waals surface area (Å²) in [6.45, 7) is 8.10. The minimum absolute atomic E-state index is 0.00689. The number of anilines is 3. The van der Waals surface area contributed by atoms with E-state index in [-0.39, 0.29) is 5.91 Å². The molecule has 4 heterocycles. The molecule has 8 heteroatoms. The SMILES string of the molecule is Cc1cccc(Nc2ccc([C@@H]3CCCN(CC(=O)Nc4nc(C)c(C)s4)C3)nc2)n1. The first-order valence-electron chi connectivity index (χ1n) is 10.6. The Balaban J connectivity index is 1.33. The summed E-state index contributed by atoms with van der Waals surface area (Å²) in [6.07, 6.45) is 4.00. The Morgan fingerprint density at radius 3 is 2.77 bits per heavy atom. The minimum atomic E-state index is -0.00689. The van der Waals surface area contributed by atoms with Crippen LogP contribution in [0.5, 0.6) is 0 Å². The van der Waals surface area contributed by atoms with E-state index in [0.29, 0.717) is 17.6 Å². The quantitative estimate of drug-likeness (QED) is 0.595. The molecule has 0 saturated carbocycles. The fourth-order valence-corrected chi connectivity index (χ4v) is 4.64. The highest BCUT2D eigenvalue weighted by Crippen LogP contribution is 2.27. The van der Waals surface area contributed by atoms with Crippen molar-refractivity contribution in [3.63, 3.8) is 0 Å². The van der Waals surface area contributed by atoms with Crippen molar-refractivity contribution in [2.45, 2.75) is 39.5 Å². The molecule has 3 aromatic rings. The van der Waals surface area contributed by atoms with Crippen LogP contribution < -0.4 is 10.6 Å². The Hall–Kier alpha value is -2.84. The van der Waals surface area contributed by atoms with E-state index in [1.165, 1.54) is 11.3 Å². The summed E-state index contributed by atoms with van der Waals surface area (Å²) >= 11 is 1.52. The first-order valence-corrected chi connectivity index (χ1v) is 11.4. The molecule has 0 aliphatic carbocycles. The summed E-state index contributed by atoms with van der Waals surface area (Å²) in [5.74, 6) is 1.14. The van der Waals surface area contributed by atoms with Gasteiger partial charge in [0.05, 0.1) is 24.1 Å². The van der Waals surface area contributed by atoms with Crippen LogP contribution in [0.3, 0.4) is 0 Å². The number of pyridine rings is 2. The second-order valence-electron chi connectivity index (χ2n) is 8.04. The predicted molar refractivity (Wildman–Crippen MR) is 125 cm³/mol. The van der Waals surface area contributed by atoms with Gasteiger partial charge in [-0.3, -0.25) is 14.7 Å². The molecule has 1 aliphatic heterocycles. The smallest absolute Gasteiger partial charge is 0.240 e. The van der Waals surface area contributed by atoms with Gasteiger partial charge >= 0.3 is 0 Å². The molecular weight excluding hydrogens is 408 g/mol. The number of aromatic nitrogens is 3. The molecular formula is C23H28N6OS. The van der Waals surface area contributed by atoms with E-state index >= 15 is 0 Å². The number of piperidine rings is 1. The molecule has 7 nitrogen and oxygen atoms in total. The molecule has 0 spiro atoms. The molecule has 31 heavy (non-hydrogen) atoms. The van der Waals surface area contributed by atoms with E-state index in [4.69, 9.17) is 0 Å². The topological polar surface area (TPSA) is 83.0 Å². The Morgan fingerprint density at radius 1 is 1.19 bits per heavy atom. The molecule has 0 bridgehead atoms. The largest absolute Gasteiger partial charge is 0.339 e. The number of carbonyl (C=O) groups is 1. The van der Waals surface area contributed by atoms with Crippen LogP contribution in [0.1, 0.15) is 40.7 Å². The molecule has 0 unspecified atom stereocenters. The number of amides is 1. The number of nitrogens with zero attached hydrogens (tertiary/aromatic N) is 4. The van der Waals surface area contributed by atoms with Gasteiger partial charge in [0.25, 0.3) is 0 Å². The van der Waals surface area contributed by atoms with Crippen molar-refractivity contribution in [1.82, 2.24) is 19.9 Å². The second kappa shape index (κ2) is 9.53. The molecule has 0 radical (unpaired) electrons. The molecule has 0 aromatic carbocycles. The lowest BCUT2D eigenvalue weighted by atomic mass is 9.94. The van der Waals surface area contributed by atoms with Crippen molar-refractivity contribution in [2.75, 3.05) is 30.3 Å². The highest BCUT2D eigenvalue weighted by Gasteiger charge is 2.24.